The molecule has 2 rings (SSSR count). The van der Waals surface area contributed by atoms with Gasteiger partial charge < -0.3 is 0 Å². The highest BCUT2D eigenvalue weighted by atomic mass is 79.9. The summed E-state index contributed by atoms with van der Waals surface area (Å²) in [6.07, 6.45) is 0.627. The minimum Gasteiger partial charge on any atom is -0.204 e. The monoisotopic (exact) mass is 310 g/mol. The molecular weight excluding hydrogens is 298 g/mol. The average molecular weight is 311 g/mol. The second kappa shape index (κ2) is 5.61. The van der Waals surface area contributed by atoms with Crippen molar-refractivity contribution in [2.75, 3.05) is 0 Å². The Morgan fingerprint density at radius 1 is 1.11 bits per heavy atom. The molecule has 2 aromatic rings. The molecule has 0 nitrogen and oxygen atoms in total. The first-order valence-corrected chi connectivity index (χ1v) is 6.63. The molecule has 0 aliphatic rings. The molecule has 0 heterocycles. The van der Waals surface area contributed by atoms with Gasteiger partial charge in [0.1, 0.15) is 0 Å². The predicted molar refractivity (Wildman–Crippen MR) is 72.9 cm³/mol. The second-order valence-corrected chi connectivity index (χ2v) is 5.41. The van der Waals surface area contributed by atoms with Gasteiger partial charge >= 0.3 is 0 Å². The van der Waals surface area contributed by atoms with Crippen LogP contribution in [0, 0.1) is 18.6 Å². The van der Waals surface area contributed by atoms with Crippen molar-refractivity contribution in [2.45, 2.75) is 18.2 Å². The number of rotatable bonds is 3. The van der Waals surface area contributed by atoms with E-state index < -0.39 is 11.6 Å². The van der Waals surface area contributed by atoms with Crippen molar-refractivity contribution in [1.29, 1.82) is 0 Å². The van der Waals surface area contributed by atoms with Gasteiger partial charge in [0, 0.05) is 10.4 Å². The normalized spacial score (nSPS) is 12.4. The van der Waals surface area contributed by atoms with Crippen LogP contribution in [0.2, 0.25) is 0 Å². The molecule has 2 aromatic carbocycles. The fourth-order valence-electron chi connectivity index (χ4n) is 1.92. The van der Waals surface area contributed by atoms with Crippen LogP contribution in [0.3, 0.4) is 0 Å². The Balaban J connectivity index is 2.22. The van der Waals surface area contributed by atoms with Gasteiger partial charge in [-0.15, -0.1) is 0 Å². The fraction of sp³-hybridized carbons (Fsp3) is 0.200. The molecule has 0 aromatic heterocycles. The predicted octanol–water partition coefficient (Wildman–Crippen LogP) is 4.95. The van der Waals surface area contributed by atoms with Crippen molar-refractivity contribution in [3.8, 4) is 0 Å². The Morgan fingerprint density at radius 3 is 2.56 bits per heavy atom. The van der Waals surface area contributed by atoms with Crippen molar-refractivity contribution in [1.82, 2.24) is 0 Å². The largest absolute Gasteiger partial charge is 0.204 e. The molecule has 0 amide bonds. The maximum atomic E-state index is 13.6. The van der Waals surface area contributed by atoms with Gasteiger partial charge in [-0.3, -0.25) is 0 Å². The highest BCUT2D eigenvalue weighted by Crippen LogP contribution is 2.30. The molecule has 0 bridgehead atoms. The molecule has 0 radical (unpaired) electrons. The third-order valence-electron chi connectivity index (χ3n) is 2.82. The Bertz CT molecular complexity index is 552. The van der Waals surface area contributed by atoms with Crippen LogP contribution in [0.4, 0.5) is 8.78 Å². The van der Waals surface area contributed by atoms with Crippen LogP contribution in [0.1, 0.15) is 21.5 Å². The van der Waals surface area contributed by atoms with Gasteiger partial charge in [-0.1, -0.05) is 57.9 Å². The fourth-order valence-corrected chi connectivity index (χ4v) is 2.65. The molecule has 18 heavy (non-hydrogen) atoms. The Hall–Kier alpha value is -1.22. The Morgan fingerprint density at radius 2 is 1.83 bits per heavy atom. The lowest BCUT2D eigenvalue weighted by Gasteiger charge is -2.12. The van der Waals surface area contributed by atoms with Gasteiger partial charge in [0.25, 0.3) is 0 Å². The molecular formula is C15H13BrF2. The van der Waals surface area contributed by atoms with Gasteiger partial charge in [-0.05, 0) is 25.0 Å². The van der Waals surface area contributed by atoms with E-state index in [0.29, 0.717) is 12.0 Å². The first kappa shape index (κ1) is 13.2. The van der Waals surface area contributed by atoms with Crippen LogP contribution < -0.4 is 0 Å². The molecule has 0 fully saturated rings. The van der Waals surface area contributed by atoms with Crippen LogP contribution in [0.25, 0.3) is 0 Å². The lowest BCUT2D eigenvalue weighted by Crippen LogP contribution is -2.00. The van der Waals surface area contributed by atoms with Gasteiger partial charge in [-0.25, -0.2) is 8.78 Å². The van der Waals surface area contributed by atoms with Crippen LogP contribution >= 0.6 is 15.9 Å². The third-order valence-corrected chi connectivity index (χ3v) is 3.63. The highest BCUT2D eigenvalue weighted by Gasteiger charge is 2.15. The third kappa shape index (κ3) is 2.96. The van der Waals surface area contributed by atoms with E-state index in [2.05, 4.69) is 15.9 Å². The molecule has 0 saturated heterocycles. The van der Waals surface area contributed by atoms with E-state index in [-0.39, 0.29) is 4.83 Å². The molecule has 0 aliphatic carbocycles. The van der Waals surface area contributed by atoms with Crippen molar-refractivity contribution in [3.05, 3.63) is 70.8 Å². The second-order valence-electron chi connectivity index (χ2n) is 4.30. The Labute approximate surface area is 114 Å². The van der Waals surface area contributed by atoms with Gasteiger partial charge in [0.05, 0.1) is 0 Å². The smallest absolute Gasteiger partial charge is 0.163 e. The number of halogens is 3. The van der Waals surface area contributed by atoms with Crippen LogP contribution in [0.15, 0.2) is 42.5 Å². The van der Waals surface area contributed by atoms with Crippen LogP contribution in [-0.4, -0.2) is 0 Å². The number of benzene rings is 2. The zero-order valence-corrected chi connectivity index (χ0v) is 11.5. The highest BCUT2D eigenvalue weighted by molar-refractivity contribution is 9.09. The number of alkyl halides is 1. The molecule has 94 valence electrons. The van der Waals surface area contributed by atoms with E-state index >= 15 is 0 Å². The van der Waals surface area contributed by atoms with Gasteiger partial charge in [0.2, 0.25) is 0 Å². The average Bonchev–Trinajstić information content (AvgIpc) is 2.32. The molecule has 0 saturated carbocycles. The van der Waals surface area contributed by atoms with Crippen molar-refractivity contribution in [2.24, 2.45) is 0 Å². The lowest BCUT2D eigenvalue weighted by atomic mass is 10.0. The van der Waals surface area contributed by atoms with Crippen molar-refractivity contribution in [3.63, 3.8) is 0 Å². The molecule has 0 spiro atoms. The summed E-state index contributed by atoms with van der Waals surface area (Å²) in [6, 6.07) is 12.3. The minimum absolute atomic E-state index is 0.227. The summed E-state index contributed by atoms with van der Waals surface area (Å²) in [5, 5.41) is 0. The van der Waals surface area contributed by atoms with E-state index in [9.17, 15) is 8.78 Å². The SMILES string of the molecule is Cc1cccc(CC(Br)c2cccc(F)c2F)c1. The Kier molecular flexibility index (Phi) is 4.12. The minimum atomic E-state index is -0.804. The van der Waals surface area contributed by atoms with E-state index in [1.807, 2.05) is 31.2 Å². The summed E-state index contributed by atoms with van der Waals surface area (Å²) in [7, 11) is 0. The van der Waals surface area contributed by atoms with Gasteiger partial charge in [0.15, 0.2) is 11.6 Å². The number of hydrogen-bond acceptors (Lipinski definition) is 0. The summed E-state index contributed by atoms with van der Waals surface area (Å²) in [6.45, 7) is 2.01. The van der Waals surface area contributed by atoms with E-state index in [4.69, 9.17) is 0 Å². The van der Waals surface area contributed by atoms with Crippen molar-refractivity contribution < 1.29 is 8.78 Å². The lowest BCUT2D eigenvalue weighted by molar-refractivity contribution is 0.498. The van der Waals surface area contributed by atoms with E-state index in [1.54, 1.807) is 6.07 Å². The van der Waals surface area contributed by atoms with Gasteiger partial charge in [-0.2, -0.15) is 0 Å². The van der Waals surface area contributed by atoms with Crippen LogP contribution in [0.5, 0.6) is 0 Å². The first-order chi connectivity index (χ1) is 8.58. The summed E-state index contributed by atoms with van der Waals surface area (Å²) in [5.41, 5.74) is 2.61. The molecule has 1 atom stereocenters. The molecule has 3 heteroatoms. The standard InChI is InChI=1S/C15H13BrF2/c1-10-4-2-5-11(8-10)9-13(16)12-6-3-7-14(17)15(12)18/h2-8,13H,9H2,1H3. The maximum absolute atomic E-state index is 13.6. The van der Waals surface area contributed by atoms with Crippen molar-refractivity contribution >= 4 is 15.9 Å². The van der Waals surface area contributed by atoms with Crippen LogP contribution in [-0.2, 0) is 6.42 Å². The van der Waals surface area contributed by atoms with E-state index in [1.165, 1.54) is 6.07 Å². The summed E-state index contributed by atoms with van der Waals surface area (Å²) >= 11 is 3.43. The summed E-state index contributed by atoms with van der Waals surface area (Å²) < 4.78 is 26.8. The number of aryl methyl sites for hydroxylation is 1. The zero-order valence-electron chi connectivity index (χ0n) is 9.96. The summed E-state index contributed by atoms with van der Waals surface area (Å²) in [4.78, 5) is -0.227. The topological polar surface area (TPSA) is 0 Å². The molecule has 0 aliphatic heterocycles. The zero-order chi connectivity index (χ0) is 13.1. The first-order valence-electron chi connectivity index (χ1n) is 5.71. The number of hydrogen-bond donors (Lipinski definition) is 0. The quantitative estimate of drug-likeness (QED) is 0.703. The van der Waals surface area contributed by atoms with E-state index in [0.717, 1.165) is 17.2 Å². The summed E-state index contributed by atoms with van der Waals surface area (Å²) in [5.74, 6) is -1.58. The molecule has 1 unspecified atom stereocenters. The maximum Gasteiger partial charge on any atom is 0.163 e. The molecule has 0 N–H and O–H groups in total.